The molecule has 0 atom stereocenters. The molecular weight excluding hydrogens is 576 g/mol. The van der Waals surface area contributed by atoms with Crippen molar-refractivity contribution in [2.24, 2.45) is 5.92 Å². The Balaban J connectivity index is 1.31. The molecule has 0 N–H and O–H groups in total. The highest BCUT2D eigenvalue weighted by Gasteiger charge is 2.19. The molecule has 4 aromatic carbocycles. The van der Waals surface area contributed by atoms with Crippen molar-refractivity contribution in [1.29, 1.82) is 0 Å². The summed E-state index contributed by atoms with van der Waals surface area (Å²) in [5, 5.41) is 7.33. The predicted octanol–water partition coefficient (Wildman–Crippen LogP) is 10.9. The Hall–Kier alpha value is -5.16. The Morgan fingerprint density at radius 3 is 2.30 bits per heavy atom. The summed E-state index contributed by atoms with van der Waals surface area (Å²) in [5.74, 6) is 3.02. The van der Waals surface area contributed by atoms with Gasteiger partial charge in [-0.3, -0.25) is 4.57 Å². The number of hydrogen-bond acceptors (Lipinski definition) is 3. The number of rotatable bonds is 7. The van der Waals surface area contributed by atoms with Gasteiger partial charge >= 0.3 is 0 Å². The van der Waals surface area contributed by atoms with Crippen molar-refractivity contribution < 1.29 is 4.74 Å². The maximum atomic E-state index is 6.58. The van der Waals surface area contributed by atoms with Crippen molar-refractivity contribution in [1.82, 2.24) is 19.3 Å². The fourth-order valence-corrected chi connectivity index (χ4v) is 6.70. The van der Waals surface area contributed by atoms with E-state index < -0.39 is 0 Å². The van der Waals surface area contributed by atoms with Gasteiger partial charge in [-0.15, -0.1) is 0 Å². The van der Waals surface area contributed by atoms with Crippen molar-refractivity contribution in [2.45, 2.75) is 60.3 Å². The van der Waals surface area contributed by atoms with Gasteiger partial charge < -0.3 is 4.74 Å². The zero-order chi connectivity index (χ0) is 32.9. The Labute approximate surface area is 277 Å². The van der Waals surface area contributed by atoms with E-state index in [2.05, 4.69) is 138 Å². The molecule has 47 heavy (non-hydrogen) atoms. The predicted molar refractivity (Wildman–Crippen MR) is 194 cm³/mol. The van der Waals surface area contributed by atoms with E-state index in [4.69, 9.17) is 14.8 Å². The molecule has 0 saturated heterocycles. The fraction of sp³-hybridized carbons (Fsp3) is 0.238. The standard InChI is InChI=1S/C42H42N4O/c1-27(2)22-30-16-19-38-37(23-30)36-18-17-35(26-39(36)45(38)40-24-32(20-21-43-40)42(5,6)7)47-34-15-11-14-33(25-34)46-29(4)41(28(3)44-46)31-12-9-8-10-13-31/h8-21,23-27H,22H2,1-7H3. The van der Waals surface area contributed by atoms with Crippen molar-refractivity contribution in [3.63, 3.8) is 0 Å². The van der Waals surface area contributed by atoms with Gasteiger partial charge in [0.2, 0.25) is 0 Å². The van der Waals surface area contributed by atoms with E-state index in [-0.39, 0.29) is 5.41 Å². The third-order valence-electron chi connectivity index (χ3n) is 8.94. The molecule has 3 aromatic heterocycles. The summed E-state index contributed by atoms with van der Waals surface area (Å²) >= 11 is 0. The van der Waals surface area contributed by atoms with Crippen LogP contribution in [0.1, 0.15) is 57.1 Å². The van der Waals surface area contributed by atoms with Crippen LogP contribution in [0.4, 0.5) is 0 Å². The van der Waals surface area contributed by atoms with E-state index in [1.807, 2.05) is 29.1 Å². The Morgan fingerprint density at radius 1 is 0.745 bits per heavy atom. The Kier molecular flexibility index (Phi) is 7.71. The second kappa shape index (κ2) is 11.9. The summed E-state index contributed by atoms with van der Waals surface area (Å²) in [4.78, 5) is 4.88. The van der Waals surface area contributed by atoms with Gasteiger partial charge in [-0.25, -0.2) is 9.67 Å². The quantitative estimate of drug-likeness (QED) is 0.178. The summed E-state index contributed by atoms with van der Waals surface area (Å²) < 4.78 is 10.9. The van der Waals surface area contributed by atoms with Gasteiger partial charge in [0.15, 0.2) is 0 Å². The first-order chi connectivity index (χ1) is 22.6. The van der Waals surface area contributed by atoms with Crippen molar-refractivity contribution in [3.05, 3.63) is 132 Å². The molecule has 3 heterocycles. The minimum absolute atomic E-state index is 0.00744. The van der Waals surface area contributed by atoms with E-state index >= 15 is 0 Å². The number of aromatic nitrogens is 4. The molecule has 236 valence electrons. The second-order valence-corrected chi connectivity index (χ2v) is 14.0. The van der Waals surface area contributed by atoms with Crippen molar-refractivity contribution in [3.8, 4) is 34.1 Å². The number of ether oxygens (including phenoxy) is 1. The van der Waals surface area contributed by atoms with E-state index in [1.54, 1.807) is 0 Å². The molecule has 0 bridgehead atoms. The van der Waals surface area contributed by atoms with Crippen LogP contribution in [-0.4, -0.2) is 19.3 Å². The lowest BCUT2D eigenvalue weighted by molar-refractivity contribution is 0.482. The van der Waals surface area contributed by atoms with Gasteiger partial charge in [0, 0.05) is 40.4 Å². The lowest BCUT2D eigenvalue weighted by Crippen LogP contribution is -2.12. The molecule has 0 aliphatic carbocycles. The van der Waals surface area contributed by atoms with Crippen molar-refractivity contribution in [2.75, 3.05) is 0 Å². The molecule has 0 amide bonds. The normalized spacial score (nSPS) is 12.0. The molecule has 0 aliphatic rings. The molecule has 0 unspecified atom stereocenters. The molecule has 7 aromatic rings. The molecule has 0 spiro atoms. The number of hydrogen-bond donors (Lipinski definition) is 0. The minimum atomic E-state index is 0.00744. The topological polar surface area (TPSA) is 44.9 Å². The molecule has 0 saturated carbocycles. The lowest BCUT2D eigenvalue weighted by Gasteiger charge is -2.20. The van der Waals surface area contributed by atoms with Crippen LogP contribution < -0.4 is 4.74 Å². The zero-order valence-corrected chi connectivity index (χ0v) is 28.4. The monoisotopic (exact) mass is 618 g/mol. The fourth-order valence-electron chi connectivity index (χ4n) is 6.70. The highest BCUT2D eigenvalue weighted by atomic mass is 16.5. The lowest BCUT2D eigenvalue weighted by atomic mass is 9.88. The second-order valence-electron chi connectivity index (χ2n) is 14.0. The van der Waals surface area contributed by atoms with Crippen molar-refractivity contribution >= 4 is 21.8 Å². The van der Waals surface area contributed by atoms with Gasteiger partial charge in [0.1, 0.15) is 17.3 Å². The van der Waals surface area contributed by atoms with Crippen LogP contribution in [0.2, 0.25) is 0 Å². The molecule has 0 radical (unpaired) electrons. The van der Waals surface area contributed by atoms with Crippen LogP contribution >= 0.6 is 0 Å². The minimum Gasteiger partial charge on any atom is -0.457 e. The Morgan fingerprint density at radius 2 is 1.53 bits per heavy atom. The van der Waals surface area contributed by atoms with Gasteiger partial charge in [-0.2, -0.15) is 5.10 Å². The van der Waals surface area contributed by atoms with Gasteiger partial charge in [0.05, 0.1) is 22.4 Å². The number of fused-ring (bicyclic) bond motifs is 3. The summed E-state index contributed by atoms with van der Waals surface area (Å²) in [6, 6.07) is 36.2. The highest BCUT2D eigenvalue weighted by molar-refractivity contribution is 6.09. The van der Waals surface area contributed by atoms with Gasteiger partial charge in [-0.1, -0.05) is 77.1 Å². The maximum Gasteiger partial charge on any atom is 0.137 e. The maximum absolute atomic E-state index is 6.58. The van der Waals surface area contributed by atoms with Gasteiger partial charge in [-0.05, 0) is 96.8 Å². The first kappa shape index (κ1) is 30.5. The number of benzene rings is 4. The number of pyridine rings is 1. The first-order valence-corrected chi connectivity index (χ1v) is 16.5. The van der Waals surface area contributed by atoms with Crippen LogP contribution in [0.3, 0.4) is 0 Å². The molecule has 7 rings (SSSR count). The van der Waals surface area contributed by atoms with E-state index in [0.29, 0.717) is 5.92 Å². The number of nitrogens with zero attached hydrogens (tertiary/aromatic N) is 4. The highest BCUT2D eigenvalue weighted by Crippen LogP contribution is 2.37. The van der Waals surface area contributed by atoms with E-state index in [0.717, 1.165) is 57.4 Å². The molecular formula is C42H42N4O. The molecule has 5 nitrogen and oxygen atoms in total. The smallest absolute Gasteiger partial charge is 0.137 e. The third kappa shape index (κ3) is 5.83. The average Bonchev–Trinajstić information content (AvgIpc) is 3.53. The molecule has 0 fully saturated rings. The Bertz CT molecular complexity index is 2230. The van der Waals surface area contributed by atoms with Gasteiger partial charge in [0.25, 0.3) is 0 Å². The van der Waals surface area contributed by atoms with Crippen LogP contribution in [0.5, 0.6) is 11.5 Å². The average molecular weight is 619 g/mol. The summed E-state index contributed by atoms with van der Waals surface area (Å²) in [7, 11) is 0. The summed E-state index contributed by atoms with van der Waals surface area (Å²) in [5.41, 5.74) is 10.2. The summed E-state index contributed by atoms with van der Waals surface area (Å²) in [6.45, 7) is 15.5. The number of aryl methyl sites for hydroxylation is 1. The van der Waals surface area contributed by atoms with Crippen LogP contribution in [0.25, 0.3) is 44.4 Å². The summed E-state index contributed by atoms with van der Waals surface area (Å²) in [6.07, 6.45) is 2.97. The molecule has 5 heteroatoms. The molecule has 0 aliphatic heterocycles. The van der Waals surface area contributed by atoms with E-state index in [1.165, 1.54) is 27.5 Å². The van der Waals surface area contributed by atoms with Crippen LogP contribution in [-0.2, 0) is 11.8 Å². The van der Waals surface area contributed by atoms with E-state index in [9.17, 15) is 0 Å². The SMILES string of the molecule is Cc1nn(-c2cccc(Oc3ccc4c5cc(CC(C)C)ccc5n(-c5cc(C(C)(C)C)ccn5)c4c3)c2)c(C)c1-c1ccccc1. The third-order valence-corrected chi connectivity index (χ3v) is 8.94. The zero-order valence-electron chi connectivity index (χ0n) is 28.4. The largest absolute Gasteiger partial charge is 0.457 e. The first-order valence-electron chi connectivity index (χ1n) is 16.5. The van der Waals surface area contributed by atoms with Crippen LogP contribution in [0, 0.1) is 19.8 Å². The van der Waals surface area contributed by atoms with Crippen LogP contribution in [0.15, 0.2) is 109 Å².